The Labute approximate surface area is 109 Å². The number of hydrogen-bond donors (Lipinski definition) is 2. The Morgan fingerprint density at radius 3 is 2.78 bits per heavy atom. The predicted molar refractivity (Wildman–Crippen MR) is 70.1 cm³/mol. The molecule has 1 rings (SSSR count). The second-order valence-corrected chi connectivity index (χ2v) is 5.10. The van der Waals surface area contributed by atoms with Gasteiger partial charge in [-0.1, -0.05) is 12.8 Å². The van der Waals surface area contributed by atoms with Crippen LogP contribution in [0.5, 0.6) is 0 Å². The zero-order chi connectivity index (χ0) is 13.5. The summed E-state index contributed by atoms with van der Waals surface area (Å²) in [6, 6.07) is -0.156. The van der Waals surface area contributed by atoms with Gasteiger partial charge in [0.1, 0.15) is 6.04 Å². The fourth-order valence-corrected chi connectivity index (χ4v) is 2.76. The highest BCUT2D eigenvalue weighted by molar-refractivity contribution is 5.76. The van der Waals surface area contributed by atoms with Gasteiger partial charge in [0.25, 0.3) is 0 Å². The molecule has 0 aromatic heterocycles. The number of hydrogen-bond acceptors (Lipinski definition) is 5. The van der Waals surface area contributed by atoms with Crippen molar-refractivity contribution in [1.82, 2.24) is 4.90 Å². The van der Waals surface area contributed by atoms with Crippen LogP contribution in [-0.2, 0) is 9.53 Å². The highest BCUT2D eigenvalue weighted by atomic mass is 16.5. The lowest BCUT2D eigenvalue weighted by molar-refractivity contribution is -0.147. The Kier molecular flexibility index (Phi) is 6.60. The van der Waals surface area contributed by atoms with Crippen molar-refractivity contribution < 1.29 is 14.6 Å². The van der Waals surface area contributed by atoms with E-state index in [4.69, 9.17) is 10.5 Å². The molecule has 1 heterocycles. The van der Waals surface area contributed by atoms with Gasteiger partial charge in [0.15, 0.2) is 0 Å². The number of rotatable bonds is 5. The molecule has 1 saturated heterocycles. The summed E-state index contributed by atoms with van der Waals surface area (Å²) < 4.78 is 4.83. The van der Waals surface area contributed by atoms with Crippen molar-refractivity contribution in [2.24, 2.45) is 5.73 Å². The second kappa shape index (κ2) is 7.71. The summed E-state index contributed by atoms with van der Waals surface area (Å²) in [5, 5.41) is 9.59. The maximum absolute atomic E-state index is 11.8. The molecule has 0 aliphatic carbocycles. The molecule has 5 heteroatoms. The summed E-state index contributed by atoms with van der Waals surface area (Å²) in [6.07, 6.45) is 4.74. The summed E-state index contributed by atoms with van der Waals surface area (Å²) in [7, 11) is 1.40. The normalized spacial score (nSPS) is 25.2. The van der Waals surface area contributed by atoms with Gasteiger partial charge in [0.2, 0.25) is 0 Å². The lowest BCUT2D eigenvalue weighted by Gasteiger charge is -2.35. The Hall–Kier alpha value is -0.650. The fourth-order valence-electron chi connectivity index (χ4n) is 2.76. The van der Waals surface area contributed by atoms with E-state index in [2.05, 4.69) is 4.90 Å². The molecule has 0 aromatic rings. The van der Waals surface area contributed by atoms with Crippen LogP contribution < -0.4 is 5.73 Å². The van der Waals surface area contributed by atoms with Crippen molar-refractivity contribution in [1.29, 1.82) is 0 Å². The van der Waals surface area contributed by atoms with Crippen LogP contribution in [0.15, 0.2) is 0 Å². The van der Waals surface area contributed by atoms with E-state index >= 15 is 0 Å². The van der Waals surface area contributed by atoms with Crippen LogP contribution in [0.1, 0.15) is 39.0 Å². The second-order valence-electron chi connectivity index (χ2n) is 5.10. The molecule has 0 amide bonds. The van der Waals surface area contributed by atoms with Gasteiger partial charge in [-0.25, -0.2) is 0 Å². The van der Waals surface area contributed by atoms with Crippen LogP contribution in [-0.4, -0.2) is 54.4 Å². The van der Waals surface area contributed by atoms with E-state index in [9.17, 15) is 9.90 Å². The zero-order valence-corrected chi connectivity index (χ0v) is 11.5. The molecule has 18 heavy (non-hydrogen) atoms. The average molecular weight is 258 g/mol. The van der Waals surface area contributed by atoms with Gasteiger partial charge in [0.05, 0.1) is 13.2 Å². The third kappa shape index (κ3) is 4.23. The SMILES string of the molecule is COC(=O)C(CN)N1CCCCCC1CC(C)O. The third-order valence-corrected chi connectivity index (χ3v) is 3.63. The van der Waals surface area contributed by atoms with Gasteiger partial charge in [-0.05, 0) is 32.7 Å². The van der Waals surface area contributed by atoms with Crippen molar-refractivity contribution in [2.45, 2.75) is 57.2 Å². The minimum absolute atomic E-state index is 0.222. The molecule has 3 N–H and O–H groups in total. The summed E-state index contributed by atoms with van der Waals surface area (Å²) in [4.78, 5) is 13.9. The average Bonchev–Trinajstić information content (AvgIpc) is 2.55. The van der Waals surface area contributed by atoms with Gasteiger partial charge >= 0.3 is 5.97 Å². The number of carbonyl (C=O) groups is 1. The van der Waals surface area contributed by atoms with Crippen molar-refractivity contribution in [3.63, 3.8) is 0 Å². The minimum atomic E-state index is -0.378. The number of aliphatic hydroxyl groups excluding tert-OH is 1. The first-order valence-electron chi connectivity index (χ1n) is 6.81. The van der Waals surface area contributed by atoms with Crippen LogP contribution in [0.2, 0.25) is 0 Å². The lowest BCUT2D eigenvalue weighted by atomic mass is 10.0. The van der Waals surface area contributed by atoms with Crippen molar-refractivity contribution >= 4 is 5.97 Å². The standard InChI is InChI=1S/C13H26N2O3/c1-10(16)8-11-6-4-3-5-7-15(11)12(9-14)13(17)18-2/h10-12,16H,3-9,14H2,1-2H3. The Morgan fingerprint density at radius 2 is 2.22 bits per heavy atom. The molecule has 3 unspecified atom stereocenters. The number of nitrogens with zero attached hydrogens (tertiary/aromatic N) is 1. The van der Waals surface area contributed by atoms with Gasteiger partial charge in [-0.15, -0.1) is 0 Å². The van der Waals surface area contributed by atoms with Gasteiger partial charge in [0, 0.05) is 12.6 Å². The largest absolute Gasteiger partial charge is 0.468 e. The molecule has 3 atom stereocenters. The molecular weight excluding hydrogens is 232 g/mol. The first-order chi connectivity index (χ1) is 8.60. The minimum Gasteiger partial charge on any atom is -0.468 e. The van der Waals surface area contributed by atoms with Crippen molar-refractivity contribution in [2.75, 3.05) is 20.2 Å². The van der Waals surface area contributed by atoms with Crippen LogP contribution >= 0.6 is 0 Å². The maximum atomic E-state index is 11.8. The lowest BCUT2D eigenvalue weighted by Crippen LogP contribution is -2.52. The van der Waals surface area contributed by atoms with Gasteiger partial charge in [-0.3, -0.25) is 9.69 Å². The monoisotopic (exact) mass is 258 g/mol. The number of ether oxygens (including phenoxy) is 1. The number of carbonyl (C=O) groups excluding carboxylic acids is 1. The van der Waals surface area contributed by atoms with Crippen LogP contribution in [0.3, 0.4) is 0 Å². The molecule has 0 saturated carbocycles. The van der Waals surface area contributed by atoms with Crippen molar-refractivity contribution in [3.8, 4) is 0 Å². The van der Waals surface area contributed by atoms with Crippen molar-refractivity contribution in [3.05, 3.63) is 0 Å². The zero-order valence-electron chi connectivity index (χ0n) is 11.5. The van der Waals surface area contributed by atoms with Crippen LogP contribution in [0.25, 0.3) is 0 Å². The van der Waals surface area contributed by atoms with E-state index in [-0.39, 0.29) is 30.7 Å². The number of methoxy groups -OCH3 is 1. The highest BCUT2D eigenvalue weighted by Crippen LogP contribution is 2.23. The molecule has 0 bridgehead atoms. The fraction of sp³-hybridized carbons (Fsp3) is 0.923. The van der Waals surface area contributed by atoms with E-state index in [1.807, 2.05) is 0 Å². The van der Waals surface area contributed by atoms with E-state index in [1.54, 1.807) is 6.92 Å². The topological polar surface area (TPSA) is 75.8 Å². The smallest absolute Gasteiger partial charge is 0.324 e. The molecule has 1 fully saturated rings. The molecule has 0 spiro atoms. The number of esters is 1. The van der Waals surface area contributed by atoms with E-state index in [1.165, 1.54) is 13.5 Å². The molecule has 106 valence electrons. The Morgan fingerprint density at radius 1 is 1.50 bits per heavy atom. The van der Waals surface area contributed by atoms with E-state index < -0.39 is 0 Å². The molecular formula is C13H26N2O3. The molecule has 1 aliphatic rings. The predicted octanol–water partition coefficient (Wildman–Crippen LogP) is 0.502. The molecule has 5 nitrogen and oxygen atoms in total. The molecule has 0 aromatic carbocycles. The number of nitrogens with two attached hydrogens (primary N) is 1. The van der Waals surface area contributed by atoms with Crippen LogP contribution in [0, 0.1) is 0 Å². The summed E-state index contributed by atoms with van der Waals surface area (Å²) >= 11 is 0. The maximum Gasteiger partial charge on any atom is 0.324 e. The van der Waals surface area contributed by atoms with Gasteiger partial charge in [-0.2, -0.15) is 0 Å². The summed E-state index contributed by atoms with van der Waals surface area (Å²) in [6.45, 7) is 2.91. The number of aliphatic hydroxyl groups is 1. The summed E-state index contributed by atoms with van der Waals surface area (Å²) in [5.41, 5.74) is 5.72. The Bertz CT molecular complexity index is 259. The first-order valence-corrected chi connectivity index (χ1v) is 6.81. The molecule has 0 radical (unpaired) electrons. The molecule has 1 aliphatic heterocycles. The Balaban J connectivity index is 2.78. The quantitative estimate of drug-likeness (QED) is 0.702. The van der Waals surface area contributed by atoms with E-state index in [0.29, 0.717) is 6.42 Å². The van der Waals surface area contributed by atoms with Gasteiger partial charge < -0.3 is 15.6 Å². The number of likely N-dealkylation sites (tertiary alicyclic amines) is 1. The van der Waals surface area contributed by atoms with Crippen LogP contribution in [0.4, 0.5) is 0 Å². The first kappa shape index (κ1) is 15.4. The van der Waals surface area contributed by atoms with E-state index in [0.717, 1.165) is 25.8 Å². The third-order valence-electron chi connectivity index (χ3n) is 3.63. The highest BCUT2D eigenvalue weighted by Gasteiger charge is 2.32. The summed E-state index contributed by atoms with van der Waals surface area (Å²) in [5.74, 6) is -0.269.